The summed E-state index contributed by atoms with van der Waals surface area (Å²) >= 11 is 0. The number of anilines is 1. The predicted octanol–water partition coefficient (Wildman–Crippen LogP) is 4.37. The maximum absolute atomic E-state index is 12.2. The van der Waals surface area contributed by atoms with E-state index in [1.165, 1.54) is 31.2 Å². The number of rotatable bonds is 5. The molecule has 0 unspecified atom stereocenters. The van der Waals surface area contributed by atoms with Gasteiger partial charge in [0.05, 0.1) is 12.1 Å². The number of nitrogens with zero attached hydrogens (tertiary/aromatic N) is 1. The smallest absolute Gasteiger partial charge is 0.229 e. The fourth-order valence-corrected chi connectivity index (χ4v) is 3.23. The van der Waals surface area contributed by atoms with Gasteiger partial charge in [-0.1, -0.05) is 51.0 Å². The van der Waals surface area contributed by atoms with Gasteiger partial charge in [0.2, 0.25) is 5.91 Å². The molecule has 2 aromatic rings. The fraction of sp³-hybridized carbons (Fsp3) is 0.474. The third kappa shape index (κ3) is 4.01. The molecule has 0 atom stereocenters. The van der Waals surface area contributed by atoms with Crippen molar-refractivity contribution in [1.29, 1.82) is 0 Å². The van der Waals surface area contributed by atoms with Gasteiger partial charge in [0.15, 0.2) is 0 Å². The first kappa shape index (κ1) is 15.8. The van der Waals surface area contributed by atoms with E-state index in [0.29, 0.717) is 24.1 Å². The van der Waals surface area contributed by atoms with Crippen LogP contribution in [-0.2, 0) is 11.2 Å². The van der Waals surface area contributed by atoms with E-state index in [1.54, 1.807) is 0 Å². The van der Waals surface area contributed by atoms with Crippen LogP contribution >= 0.6 is 0 Å². The Morgan fingerprint density at radius 2 is 1.96 bits per heavy atom. The zero-order valence-corrected chi connectivity index (χ0v) is 13.9. The van der Waals surface area contributed by atoms with Gasteiger partial charge >= 0.3 is 0 Å². The quantitative estimate of drug-likeness (QED) is 0.861. The SMILES string of the molecule is CC(C)c1ccc(CC(=O)Nc2cc(C3CCCC3)n[nH]2)cc1. The molecule has 1 amide bonds. The summed E-state index contributed by atoms with van der Waals surface area (Å²) in [5.74, 6) is 1.76. The first-order valence-electron chi connectivity index (χ1n) is 8.56. The molecule has 4 heteroatoms. The second-order valence-electron chi connectivity index (χ2n) is 6.81. The van der Waals surface area contributed by atoms with Crippen LogP contribution in [-0.4, -0.2) is 16.1 Å². The van der Waals surface area contributed by atoms with Gasteiger partial charge in [0.1, 0.15) is 5.82 Å². The van der Waals surface area contributed by atoms with Gasteiger partial charge < -0.3 is 5.32 Å². The highest BCUT2D eigenvalue weighted by Crippen LogP contribution is 2.33. The number of H-pyrrole nitrogens is 1. The molecule has 23 heavy (non-hydrogen) atoms. The first-order chi connectivity index (χ1) is 11.1. The summed E-state index contributed by atoms with van der Waals surface area (Å²) in [4.78, 5) is 12.2. The topological polar surface area (TPSA) is 57.8 Å². The molecule has 0 aliphatic heterocycles. The average Bonchev–Trinajstić information content (AvgIpc) is 3.18. The zero-order valence-electron chi connectivity index (χ0n) is 13.9. The lowest BCUT2D eigenvalue weighted by Crippen LogP contribution is -2.14. The van der Waals surface area contributed by atoms with Crippen LogP contribution in [0.25, 0.3) is 0 Å². The van der Waals surface area contributed by atoms with E-state index in [-0.39, 0.29) is 5.91 Å². The molecule has 1 saturated carbocycles. The summed E-state index contributed by atoms with van der Waals surface area (Å²) in [5, 5.41) is 10.2. The fourth-order valence-electron chi connectivity index (χ4n) is 3.23. The molecular weight excluding hydrogens is 286 g/mol. The third-order valence-corrected chi connectivity index (χ3v) is 4.66. The van der Waals surface area contributed by atoms with Gasteiger partial charge in [-0.2, -0.15) is 5.10 Å². The molecular formula is C19H25N3O. The van der Waals surface area contributed by atoms with Crippen molar-refractivity contribution in [2.45, 2.75) is 57.8 Å². The summed E-state index contributed by atoms with van der Waals surface area (Å²) < 4.78 is 0. The maximum Gasteiger partial charge on any atom is 0.229 e. The van der Waals surface area contributed by atoms with Crippen LogP contribution in [0.4, 0.5) is 5.82 Å². The maximum atomic E-state index is 12.2. The van der Waals surface area contributed by atoms with Crippen LogP contribution in [0.1, 0.15) is 68.2 Å². The zero-order chi connectivity index (χ0) is 16.2. The predicted molar refractivity (Wildman–Crippen MR) is 92.7 cm³/mol. The first-order valence-corrected chi connectivity index (χ1v) is 8.56. The number of amides is 1. The molecule has 1 aliphatic rings. The van der Waals surface area contributed by atoms with Gasteiger partial charge in [-0.3, -0.25) is 9.89 Å². The third-order valence-electron chi connectivity index (χ3n) is 4.66. The molecule has 0 bridgehead atoms. The molecule has 0 spiro atoms. The minimum Gasteiger partial charge on any atom is -0.311 e. The van der Waals surface area contributed by atoms with E-state index >= 15 is 0 Å². The Bertz CT molecular complexity index is 652. The highest BCUT2D eigenvalue weighted by molar-refractivity contribution is 5.91. The lowest BCUT2D eigenvalue weighted by molar-refractivity contribution is -0.115. The van der Waals surface area contributed by atoms with E-state index < -0.39 is 0 Å². The Balaban J connectivity index is 1.56. The summed E-state index contributed by atoms with van der Waals surface area (Å²) in [6.45, 7) is 4.34. The highest BCUT2D eigenvalue weighted by Gasteiger charge is 2.20. The van der Waals surface area contributed by atoms with Crippen molar-refractivity contribution in [2.75, 3.05) is 5.32 Å². The lowest BCUT2D eigenvalue weighted by Gasteiger charge is -2.07. The standard InChI is InChI=1S/C19H25N3O/c1-13(2)15-9-7-14(8-10-15)11-19(23)20-18-12-17(21-22-18)16-5-3-4-6-16/h7-10,12-13,16H,3-6,11H2,1-2H3,(H2,20,21,22,23). The van der Waals surface area contributed by atoms with Crippen molar-refractivity contribution in [3.05, 3.63) is 47.2 Å². The van der Waals surface area contributed by atoms with E-state index in [0.717, 1.165) is 11.3 Å². The van der Waals surface area contributed by atoms with Crippen LogP contribution in [0.15, 0.2) is 30.3 Å². The number of hydrogen-bond donors (Lipinski definition) is 2. The Morgan fingerprint density at radius 1 is 1.26 bits per heavy atom. The molecule has 0 radical (unpaired) electrons. The van der Waals surface area contributed by atoms with Crippen molar-refractivity contribution in [3.63, 3.8) is 0 Å². The lowest BCUT2D eigenvalue weighted by atomic mass is 10.0. The number of carbonyl (C=O) groups is 1. The summed E-state index contributed by atoms with van der Waals surface area (Å²) in [6, 6.07) is 10.2. The number of aromatic nitrogens is 2. The Hall–Kier alpha value is -2.10. The monoisotopic (exact) mass is 311 g/mol. The Morgan fingerprint density at radius 3 is 2.61 bits per heavy atom. The number of benzene rings is 1. The molecule has 1 heterocycles. The summed E-state index contributed by atoms with van der Waals surface area (Å²) in [6.07, 6.45) is 5.37. The average molecular weight is 311 g/mol. The van der Waals surface area contributed by atoms with Crippen molar-refractivity contribution in [2.24, 2.45) is 0 Å². The van der Waals surface area contributed by atoms with Gasteiger partial charge in [-0.05, 0) is 29.9 Å². The van der Waals surface area contributed by atoms with E-state index in [4.69, 9.17) is 0 Å². The van der Waals surface area contributed by atoms with Crippen LogP contribution in [0, 0.1) is 0 Å². The van der Waals surface area contributed by atoms with Crippen LogP contribution in [0.3, 0.4) is 0 Å². The van der Waals surface area contributed by atoms with Crippen LogP contribution < -0.4 is 5.32 Å². The van der Waals surface area contributed by atoms with Gasteiger partial charge in [0.25, 0.3) is 0 Å². The van der Waals surface area contributed by atoms with Crippen molar-refractivity contribution in [3.8, 4) is 0 Å². The second kappa shape index (κ2) is 6.99. The van der Waals surface area contributed by atoms with Crippen LogP contribution in [0.5, 0.6) is 0 Å². The number of carbonyl (C=O) groups excluding carboxylic acids is 1. The number of hydrogen-bond acceptors (Lipinski definition) is 2. The van der Waals surface area contributed by atoms with Crippen molar-refractivity contribution < 1.29 is 4.79 Å². The van der Waals surface area contributed by atoms with Gasteiger partial charge in [-0.25, -0.2) is 0 Å². The van der Waals surface area contributed by atoms with E-state index in [1.807, 2.05) is 18.2 Å². The van der Waals surface area contributed by atoms with E-state index in [2.05, 4.69) is 41.5 Å². The normalized spacial score (nSPS) is 15.3. The molecule has 4 nitrogen and oxygen atoms in total. The highest BCUT2D eigenvalue weighted by atomic mass is 16.1. The largest absolute Gasteiger partial charge is 0.311 e. The van der Waals surface area contributed by atoms with E-state index in [9.17, 15) is 4.79 Å². The Labute approximate surface area is 137 Å². The minimum atomic E-state index is -0.0103. The van der Waals surface area contributed by atoms with Crippen molar-refractivity contribution in [1.82, 2.24) is 10.2 Å². The molecule has 1 fully saturated rings. The van der Waals surface area contributed by atoms with Crippen LogP contribution in [0.2, 0.25) is 0 Å². The summed E-state index contributed by atoms with van der Waals surface area (Å²) in [7, 11) is 0. The molecule has 1 aromatic carbocycles. The van der Waals surface area contributed by atoms with Gasteiger partial charge in [-0.15, -0.1) is 0 Å². The Kier molecular flexibility index (Phi) is 4.79. The van der Waals surface area contributed by atoms with Gasteiger partial charge in [0, 0.05) is 12.0 Å². The number of nitrogens with one attached hydrogen (secondary N) is 2. The molecule has 0 saturated heterocycles. The van der Waals surface area contributed by atoms with Crippen molar-refractivity contribution >= 4 is 11.7 Å². The molecule has 122 valence electrons. The summed E-state index contributed by atoms with van der Waals surface area (Å²) in [5.41, 5.74) is 3.41. The molecule has 1 aliphatic carbocycles. The molecule has 3 rings (SSSR count). The minimum absolute atomic E-state index is 0.0103. The number of aromatic amines is 1. The molecule has 1 aromatic heterocycles. The second-order valence-corrected chi connectivity index (χ2v) is 6.81. The molecule has 2 N–H and O–H groups in total.